The number of benzene rings is 1. The van der Waals surface area contributed by atoms with Gasteiger partial charge in [-0.05, 0) is 31.2 Å². The third-order valence-corrected chi connectivity index (χ3v) is 4.26. The molecule has 1 aliphatic carbocycles. The molecule has 1 aromatic carbocycles. The molecule has 1 aromatic rings. The predicted molar refractivity (Wildman–Crippen MR) is 80.1 cm³/mol. The second-order valence-corrected chi connectivity index (χ2v) is 5.92. The van der Waals surface area contributed by atoms with E-state index in [1.165, 1.54) is 31.2 Å². The molecule has 1 saturated carbocycles. The molecule has 0 amide bonds. The van der Waals surface area contributed by atoms with Crippen molar-refractivity contribution in [2.24, 2.45) is 0 Å². The van der Waals surface area contributed by atoms with Crippen molar-refractivity contribution in [3.05, 3.63) is 35.9 Å². The van der Waals surface area contributed by atoms with Gasteiger partial charge in [-0.3, -0.25) is 0 Å². The van der Waals surface area contributed by atoms with Crippen LogP contribution >= 0.6 is 0 Å². The summed E-state index contributed by atoms with van der Waals surface area (Å²) in [6.45, 7) is 2.97. The quantitative estimate of drug-likeness (QED) is 0.697. The van der Waals surface area contributed by atoms with E-state index in [0.29, 0.717) is 6.04 Å². The first-order valence-electron chi connectivity index (χ1n) is 7.74. The molecule has 0 aliphatic heterocycles. The Morgan fingerprint density at radius 1 is 1.21 bits per heavy atom. The van der Waals surface area contributed by atoms with Crippen molar-refractivity contribution < 1.29 is 5.11 Å². The monoisotopic (exact) mass is 261 g/mol. The molecule has 19 heavy (non-hydrogen) atoms. The molecule has 1 unspecified atom stereocenters. The molecular weight excluding hydrogens is 234 g/mol. The highest BCUT2D eigenvalue weighted by Gasteiger charge is 2.34. The maximum Gasteiger partial charge on any atom is 0.0771 e. The second kappa shape index (κ2) is 7.06. The molecule has 0 aromatic heterocycles. The van der Waals surface area contributed by atoms with Crippen molar-refractivity contribution in [2.75, 3.05) is 6.54 Å². The van der Waals surface area contributed by atoms with E-state index in [9.17, 15) is 5.11 Å². The van der Waals surface area contributed by atoms with Crippen LogP contribution in [0.1, 0.15) is 63.5 Å². The standard InChI is InChI=1S/C17H27NO/c1-2-3-5-11-16(15-9-6-4-7-10-15)18-14-17(19)12-8-13-17/h4,6-7,9-10,16,18-19H,2-3,5,8,11-14H2,1H3. The topological polar surface area (TPSA) is 32.3 Å². The maximum absolute atomic E-state index is 10.2. The van der Waals surface area contributed by atoms with E-state index in [1.807, 2.05) is 0 Å². The fourth-order valence-electron chi connectivity index (χ4n) is 2.75. The number of rotatable bonds is 8. The Bertz CT molecular complexity index is 359. The van der Waals surface area contributed by atoms with E-state index >= 15 is 0 Å². The van der Waals surface area contributed by atoms with Crippen LogP contribution in [0.15, 0.2) is 30.3 Å². The molecule has 0 saturated heterocycles. The van der Waals surface area contributed by atoms with Crippen LogP contribution in [0.5, 0.6) is 0 Å². The van der Waals surface area contributed by atoms with Crippen LogP contribution in [-0.2, 0) is 0 Å². The zero-order chi connectivity index (χ0) is 13.6. The average molecular weight is 261 g/mol. The number of unbranched alkanes of at least 4 members (excludes halogenated alkanes) is 2. The van der Waals surface area contributed by atoms with Gasteiger partial charge in [0, 0.05) is 12.6 Å². The molecule has 0 bridgehead atoms. The average Bonchev–Trinajstić information content (AvgIpc) is 2.41. The van der Waals surface area contributed by atoms with Crippen molar-refractivity contribution in [3.8, 4) is 0 Å². The van der Waals surface area contributed by atoms with Gasteiger partial charge in [-0.25, -0.2) is 0 Å². The van der Waals surface area contributed by atoms with Gasteiger partial charge in [-0.1, -0.05) is 56.5 Å². The first kappa shape index (κ1) is 14.5. The Morgan fingerprint density at radius 3 is 2.53 bits per heavy atom. The summed E-state index contributed by atoms with van der Waals surface area (Å²) in [5.41, 5.74) is 0.916. The summed E-state index contributed by atoms with van der Waals surface area (Å²) >= 11 is 0. The Balaban J connectivity index is 1.89. The van der Waals surface area contributed by atoms with E-state index in [1.54, 1.807) is 0 Å². The van der Waals surface area contributed by atoms with Crippen LogP contribution < -0.4 is 5.32 Å². The molecular formula is C17H27NO. The van der Waals surface area contributed by atoms with Crippen LogP contribution in [0.3, 0.4) is 0 Å². The summed E-state index contributed by atoms with van der Waals surface area (Å²) in [6.07, 6.45) is 8.03. The maximum atomic E-state index is 10.2. The Hall–Kier alpha value is -0.860. The minimum atomic E-state index is -0.433. The van der Waals surface area contributed by atoms with Crippen LogP contribution in [0.2, 0.25) is 0 Å². The van der Waals surface area contributed by atoms with Crippen LogP contribution in [0.4, 0.5) is 0 Å². The number of nitrogens with one attached hydrogen (secondary N) is 1. The molecule has 2 N–H and O–H groups in total. The van der Waals surface area contributed by atoms with Gasteiger partial charge in [-0.15, -0.1) is 0 Å². The second-order valence-electron chi connectivity index (χ2n) is 5.92. The zero-order valence-corrected chi connectivity index (χ0v) is 12.1. The molecule has 2 rings (SSSR count). The van der Waals surface area contributed by atoms with Crippen molar-refractivity contribution >= 4 is 0 Å². The Kier molecular flexibility index (Phi) is 5.41. The molecule has 106 valence electrons. The van der Waals surface area contributed by atoms with Crippen LogP contribution in [0, 0.1) is 0 Å². The van der Waals surface area contributed by atoms with E-state index in [-0.39, 0.29) is 0 Å². The lowest BCUT2D eigenvalue weighted by Gasteiger charge is -2.38. The van der Waals surface area contributed by atoms with Crippen molar-refractivity contribution in [2.45, 2.75) is 63.5 Å². The molecule has 2 nitrogen and oxygen atoms in total. The van der Waals surface area contributed by atoms with Gasteiger partial charge in [-0.2, -0.15) is 0 Å². The molecule has 0 heterocycles. The first-order valence-corrected chi connectivity index (χ1v) is 7.74. The zero-order valence-electron chi connectivity index (χ0n) is 12.1. The first-order chi connectivity index (χ1) is 9.23. The third kappa shape index (κ3) is 4.32. The SMILES string of the molecule is CCCCCC(NCC1(O)CCC1)c1ccccc1. The molecule has 0 spiro atoms. The van der Waals surface area contributed by atoms with Gasteiger partial charge >= 0.3 is 0 Å². The molecule has 1 fully saturated rings. The van der Waals surface area contributed by atoms with Gasteiger partial charge in [0.2, 0.25) is 0 Å². The molecule has 0 radical (unpaired) electrons. The van der Waals surface area contributed by atoms with Gasteiger partial charge in [0.05, 0.1) is 5.60 Å². The summed E-state index contributed by atoms with van der Waals surface area (Å²) in [5.74, 6) is 0. The highest BCUT2D eigenvalue weighted by molar-refractivity contribution is 5.19. The molecule has 1 atom stereocenters. The normalized spacial score (nSPS) is 18.8. The van der Waals surface area contributed by atoms with Crippen LogP contribution in [-0.4, -0.2) is 17.3 Å². The van der Waals surface area contributed by atoms with E-state index in [0.717, 1.165) is 25.8 Å². The highest BCUT2D eigenvalue weighted by Crippen LogP contribution is 2.31. The minimum absolute atomic E-state index is 0.386. The summed E-state index contributed by atoms with van der Waals surface area (Å²) in [6, 6.07) is 11.0. The van der Waals surface area contributed by atoms with E-state index in [2.05, 4.69) is 42.6 Å². The highest BCUT2D eigenvalue weighted by atomic mass is 16.3. The molecule has 2 heteroatoms. The smallest absolute Gasteiger partial charge is 0.0771 e. The lowest BCUT2D eigenvalue weighted by Crippen LogP contribution is -2.47. The number of hydrogen-bond acceptors (Lipinski definition) is 2. The van der Waals surface area contributed by atoms with Gasteiger partial charge < -0.3 is 10.4 Å². The Labute approximate surface area is 117 Å². The predicted octanol–water partition coefficient (Wildman–Crippen LogP) is 3.81. The lowest BCUT2D eigenvalue weighted by atomic mass is 9.80. The summed E-state index contributed by atoms with van der Waals surface area (Å²) in [4.78, 5) is 0. The Morgan fingerprint density at radius 2 is 1.95 bits per heavy atom. The number of aliphatic hydroxyl groups is 1. The van der Waals surface area contributed by atoms with E-state index in [4.69, 9.17) is 0 Å². The fraction of sp³-hybridized carbons (Fsp3) is 0.647. The van der Waals surface area contributed by atoms with Crippen LogP contribution in [0.25, 0.3) is 0 Å². The summed E-state index contributed by atoms with van der Waals surface area (Å²) < 4.78 is 0. The van der Waals surface area contributed by atoms with Crippen molar-refractivity contribution in [1.29, 1.82) is 0 Å². The van der Waals surface area contributed by atoms with E-state index < -0.39 is 5.60 Å². The number of hydrogen-bond donors (Lipinski definition) is 2. The summed E-state index contributed by atoms with van der Waals surface area (Å²) in [5, 5.41) is 13.8. The third-order valence-electron chi connectivity index (χ3n) is 4.26. The minimum Gasteiger partial charge on any atom is -0.389 e. The van der Waals surface area contributed by atoms with Gasteiger partial charge in [0.1, 0.15) is 0 Å². The van der Waals surface area contributed by atoms with Crippen molar-refractivity contribution in [1.82, 2.24) is 5.32 Å². The molecule has 1 aliphatic rings. The largest absolute Gasteiger partial charge is 0.389 e. The summed E-state index contributed by atoms with van der Waals surface area (Å²) in [7, 11) is 0. The fourth-order valence-corrected chi connectivity index (χ4v) is 2.75. The van der Waals surface area contributed by atoms with Gasteiger partial charge in [0.15, 0.2) is 0 Å². The lowest BCUT2D eigenvalue weighted by molar-refractivity contribution is -0.0335. The van der Waals surface area contributed by atoms with Gasteiger partial charge in [0.25, 0.3) is 0 Å². The van der Waals surface area contributed by atoms with Crippen molar-refractivity contribution in [3.63, 3.8) is 0 Å².